The number of hydrogen-bond donors (Lipinski definition) is 3. The lowest BCUT2D eigenvalue weighted by Crippen LogP contribution is -2.37. The Morgan fingerprint density at radius 2 is 2.08 bits per heavy atom. The summed E-state index contributed by atoms with van der Waals surface area (Å²) in [6.07, 6.45) is 0. The summed E-state index contributed by atoms with van der Waals surface area (Å²) in [5.41, 5.74) is 5.58. The summed E-state index contributed by atoms with van der Waals surface area (Å²) in [5.74, 6) is 1.02. The molecule has 1 atom stereocenters. The summed E-state index contributed by atoms with van der Waals surface area (Å²) in [4.78, 5) is 10.8. The molecule has 0 aliphatic rings. The van der Waals surface area contributed by atoms with Crippen molar-refractivity contribution in [2.75, 3.05) is 26.7 Å². The van der Waals surface area contributed by atoms with E-state index in [2.05, 4.69) is 24.5 Å². The van der Waals surface area contributed by atoms with Crippen LogP contribution in [0.2, 0.25) is 0 Å². The minimum Gasteiger partial charge on any atom is -0.358 e. The number of hydrogen-bond acceptors (Lipinski definition) is 3. The molecular formula is C9H21N3O. The van der Waals surface area contributed by atoms with Crippen molar-refractivity contribution in [2.45, 2.75) is 13.8 Å². The lowest BCUT2D eigenvalue weighted by Gasteiger charge is -2.18. The highest BCUT2D eigenvalue weighted by Crippen LogP contribution is 2.06. The molecule has 0 aromatic carbocycles. The van der Waals surface area contributed by atoms with Gasteiger partial charge in [0.15, 0.2) is 0 Å². The van der Waals surface area contributed by atoms with Gasteiger partial charge < -0.3 is 16.4 Å². The largest absolute Gasteiger partial charge is 0.358 e. The maximum atomic E-state index is 10.8. The van der Waals surface area contributed by atoms with Crippen LogP contribution in [0, 0.1) is 11.8 Å². The Hall–Kier alpha value is -0.610. The first-order valence-electron chi connectivity index (χ1n) is 4.73. The monoisotopic (exact) mass is 187 g/mol. The third kappa shape index (κ3) is 5.60. The van der Waals surface area contributed by atoms with Crippen molar-refractivity contribution < 1.29 is 4.79 Å². The number of rotatable bonds is 6. The maximum absolute atomic E-state index is 10.8. The number of amides is 1. The molecule has 0 aliphatic carbocycles. The topological polar surface area (TPSA) is 67.2 Å². The molecule has 4 N–H and O–H groups in total. The second kappa shape index (κ2) is 6.86. The van der Waals surface area contributed by atoms with Gasteiger partial charge in [0, 0.05) is 7.05 Å². The quantitative estimate of drug-likeness (QED) is 0.528. The smallest absolute Gasteiger partial charge is 0.233 e. The van der Waals surface area contributed by atoms with Crippen LogP contribution in [0.5, 0.6) is 0 Å². The summed E-state index contributed by atoms with van der Waals surface area (Å²) in [6.45, 7) is 6.12. The van der Waals surface area contributed by atoms with Gasteiger partial charge >= 0.3 is 0 Å². The van der Waals surface area contributed by atoms with Gasteiger partial charge in [0.2, 0.25) is 5.91 Å². The van der Waals surface area contributed by atoms with Gasteiger partial charge in [-0.3, -0.25) is 4.79 Å². The summed E-state index contributed by atoms with van der Waals surface area (Å²) < 4.78 is 0. The molecule has 0 aromatic rings. The van der Waals surface area contributed by atoms with Crippen molar-refractivity contribution in [3.05, 3.63) is 0 Å². The number of likely N-dealkylation sites (N-methyl/N-ethyl adjacent to an activating group) is 1. The predicted octanol–water partition coefficient (Wildman–Crippen LogP) is -0.447. The molecule has 0 radical (unpaired) electrons. The summed E-state index contributed by atoms with van der Waals surface area (Å²) in [6, 6.07) is 0. The zero-order chi connectivity index (χ0) is 10.3. The van der Waals surface area contributed by atoms with Crippen molar-refractivity contribution >= 4 is 5.91 Å². The van der Waals surface area contributed by atoms with Gasteiger partial charge in [-0.25, -0.2) is 0 Å². The van der Waals surface area contributed by atoms with Gasteiger partial charge in [-0.05, 0) is 24.9 Å². The van der Waals surface area contributed by atoms with Crippen LogP contribution in [0.4, 0.5) is 0 Å². The maximum Gasteiger partial charge on any atom is 0.233 e. The summed E-state index contributed by atoms with van der Waals surface area (Å²) in [5, 5.41) is 5.63. The fourth-order valence-electron chi connectivity index (χ4n) is 1.05. The van der Waals surface area contributed by atoms with Crippen LogP contribution >= 0.6 is 0 Å². The lowest BCUT2D eigenvalue weighted by molar-refractivity contribution is -0.119. The lowest BCUT2D eigenvalue weighted by atomic mass is 9.96. The van der Waals surface area contributed by atoms with Crippen molar-refractivity contribution in [3.63, 3.8) is 0 Å². The Bertz CT molecular complexity index is 148. The van der Waals surface area contributed by atoms with Crippen molar-refractivity contribution in [1.82, 2.24) is 10.6 Å². The molecule has 0 spiro atoms. The fraction of sp³-hybridized carbons (Fsp3) is 0.889. The Balaban J connectivity index is 3.55. The van der Waals surface area contributed by atoms with Crippen molar-refractivity contribution in [1.29, 1.82) is 0 Å². The molecular weight excluding hydrogens is 166 g/mol. The Labute approximate surface area is 80.3 Å². The first-order chi connectivity index (χ1) is 6.11. The summed E-state index contributed by atoms with van der Waals surface area (Å²) in [7, 11) is 1.63. The van der Waals surface area contributed by atoms with E-state index >= 15 is 0 Å². The first-order valence-corrected chi connectivity index (χ1v) is 4.73. The predicted molar refractivity (Wildman–Crippen MR) is 54.3 cm³/mol. The Morgan fingerprint density at radius 3 is 2.46 bits per heavy atom. The van der Waals surface area contributed by atoms with Gasteiger partial charge in [0.25, 0.3) is 0 Å². The van der Waals surface area contributed by atoms with Gasteiger partial charge in [-0.15, -0.1) is 0 Å². The van der Waals surface area contributed by atoms with Crippen LogP contribution in [-0.2, 0) is 4.79 Å². The molecule has 0 rings (SSSR count). The van der Waals surface area contributed by atoms with Gasteiger partial charge in [-0.2, -0.15) is 0 Å². The van der Waals surface area contributed by atoms with E-state index in [4.69, 9.17) is 5.73 Å². The van der Waals surface area contributed by atoms with E-state index in [-0.39, 0.29) is 5.91 Å². The highest BCUT2D eigenvalue weighted by Gasteiger charge is 2.10. The molecule has 0 heterocycles. The second-order valence-corrected chi connectivity index (χ2v) is 3.54. The zero-order valence-corrected chi connectivity index (χ0v) is 8.76. The average Bonchev–Trinajstić information content (AvgIpc) is 2.11. The minimum atomic E-state index is 0.0135. The first kappa shape index (κ1) is 12.4. The fourth-order valence-corrected chi connectivity index (χ4v) is 1.05. The molecule has 13 heavy (non-hydrogen) atoms. The number of carbonyl (C=O) groups is 1. The number of nitrogens with two attached hydrogens (primary N) is 1. The molecule has 1 amide bonds. The molecule has 4 nitrogen and oxygen atoms in total. The highest BCUT2D eigenvalue weighted by atomic mass is 16.1. The van der Waals surface area contributed by atoms with Crippen LogP contribution in [-0.4, -0.2) is 32.6 Å². The minimum absolute atomic E-state index is 0.0135. The van der Waals surface area contributed by atoms with E-state index in [1.54, 1.807) is 7.05 Å². The van der Waals surface area contributed by atoms with E-state index in [9.17, 15) is 4.79 Å². The van der Waals surface area contributed by atoms with Crippen LogP contribution < -0.4 is 16.4 Å². The normalized spacial score (nSPS) is 13.0. The van der Waals surface area contributed by atoms with Crippen LogP contribution in [0.3, 0.4) is 0 Å². The van der Waals surface area contributed by atoms with E-state index in [1.165, 1.54) is 0 Å². The van der Waals surface area contributed by atoms with E-state index in [0.29, 0.717) is 24.9 Å². The van der Waals surface area contributed by atoms with E-state index < -0.39 is 0 Å². The third-order valence-corrected chi connectivity index (χ3v) is 2.22. The van der Waals surface area contributed by atoms with E-state index in [1.807, 2.05) is 0 Å². The van der Waals surface area contributed by atoms with Gasteiger partial charge in [0.05, 0.1) is 6.54 Å². The van der Waals surface area contributed by atoms with Crippen molar-refractivity contribution in [2.24, 2.45) is 17.6 Å². The van der Waals surface area contributed by atoms with Gasteiger partial charge in [0.1, 0.15) is 0 Å². The molecule has 0 bridgehead atoms. The van der Waals surface area contributed by atoms with Crippen molar-refractivity contribution in [3.8, 4) is 0 Å². The summed E-state index contributed by atoms with van der Waals surface area (Å²) >= 11 is 0. The van der Waals surface area contributed by atoms with Crippen LogP contribution in [0.25, 0.3) is 0 Å². The third-order valence-electron chi connectivity index (χ3n) is 2.22. The molecule has 0 saturated heterocycles. The average molecular weight is 187 g/mol. The van der Waals surface area contributed by atoms with E-state index in [0.717, 1.165) is 6.54 Å². The molecule has 78 valence electrons. The molecule has 0 aliphatic heterocycles. The molecule has 0 aromatic heterocycles. The molecule has 4 heteroatoms. The number of nitrogens with one attached hydrogen (secondary N) is 2. The second-order valence-electron chi connectivity index (χ2n) is 3.54. The molecule has 1 unspecified atom stereocenters. The highest BCUT2D eigenvalue weighted by molar-refractivity contribution is 5.77. The standard InChI is InChI=1S/C9H21N3O/c1-7(2)8(4-10)5-12-6-9(13)11-3/h7-8,12H,4-6,10H2,1-3H3,(H,11,13). The van der Waals surface area contributed by atoms with Crippen LogP contribution in [0.15, 0.2) is 0 Å². The number of carbonyl (C=O) groups excluding carboxylic acids is 1. The molecule has 0 fully saturated rings. The Morgan fingerprint density at radius 1 is 1.46 bits per heavy atom. The Kier molecular flexibility index (Phi) is 6.54. The molecule has 0 saturated carbocycles. The van der Waals surface area contributed by atoms with Gasteiger partial charge in [-0.1, -0.05) is 13.8 Å². The zero-order valence-electron chi connectivity index (χ0n) is 8.76. The SMILES string of the molecule is CNC(=O)CNCC(CN)C(C)C. The van der Waals surface area contributed by atoms with Crippen LogP contribution in [0.1, 0.15) is 13.8 Å².